The molecule has 112 valence electrons. The molecule has 0 radical (unpaired) electrons. The minimum Gasteiger partial charge on any atom is -0.397 e. The summed E-state index contributed by atoms with van der Waals surface area (Å²) in [5.74, 6) is -0.896. The Morgan fingerprint density at radius 2 is 1.86 bits per heavy atom. The number of imide groups is 1. The van der Waals surface area contributed by atoms with Crippen molar-refractivity contribution >= 4 is 52.3 Å². The summed E-state index contributed by atoms with van der Waals surface area (Å²) < 4.78 is 0. The largest absolute Gasteiger partial charge is 0.397 e. The number of nitrogens with two attached hydrogens (primary N) is 1. The van der Waals surface area contributed by atoms with Crippen molar-refractivity contribution in [3.05, 3.63) is 22.2 Å². The highest BCUT2D eigenvalue weighted by atomic mass is 35.5. The third-order valence-corrected chi connectivity index (χ3v) is 3.58. The molecule has 1 aromatic carbocycles. The molecule has 0 saturated carbocycles. The number of nitrogens with one attached hydrogen (secondary N) is 1. The topological polar surface area (TPSA) is 92.5 Å². The fraction of sp³-hybridized carbons (Fsp3) is 0.308. The zero-order chi connectivity index (χ0) is 15.6. The smallest absolute Gasteiger partial charge is 0.229 e. The number of nitrogens with zero attached hydrogens (tertiary/aromatic N) is 1. The summed E-state index contributed by atoms with van der Waals surface area (Å²) in [5, 5.41) is 3.14. The van der Waals surface area contributed by atoms with Gasteiger partial charge in [-0.15, -0.1) is 0 Å². The monoisotopic (exact) mass is 329 g/mol. The van der Waals surface area contributed by atoms with E-state index in [1.807, 2.05) is 0 Å². The minimum atomic E-state index is -0.390. The van der Waals surface area contributed by atoms with Gasteiger partial charge in [-0.25, -0.2) is 0 Å². The maximum absolute atomic E-state index is 11.9. The maximum atomic E-state index is 11.9. The molecule has 0 spiro atoms. The van der Waals surface area contributed by atoms with Crippen molar-refractivity contribution in [3.8, 4) is 0 Å². The molecule has 1 aromatic rings. The van der Waals surface area contributed by atoms with Crippen molar-refractivity contribution in [2.24, 2.45) is 0 Å². The zero-order valence-electron chi connectivity index (χ0n) is 11.0. The first-order valence-electron chi connectivity index (χ1n) is 6.26. The van der Waals surface area contributed by atoms with Gasteiger partial charge in [0.25, 0.3) is 0 Å². The van der Waals surface area contributed by atoms with E-state index in [2.05, 4.69) is 5.32 Å². The summed E-state index contributed by atoms with van der Waals surface area (Å²) in [6.45, 7) is 0.0502. The first-order valence-corrected chi connectivity index (χ1v) is 7.01. The molecule has 1 aliphatic rings. The first kappa shape index (κ1) is 15.6. The quantitative estimate of drug-likeness (QED) is 0.653. The lowest BCUT2D eigenvalue weighted by Crippen LogP contribution is -2.32. The number of anilines is 2. The van der Waals surface area contributed by atoms with Gasteiger partial charge in [0.15, 0.2) is 0 Å². The second-order valence-corrected chi connectivity index (χ2v) is 5.43. The Labute approximate surface area is 131 Å². The van der Waals surface area contributed by atoms with E-state index in [1.54, 1.807) is 0 Å². The molecule has 0 aliphatic carbocycles. The van der Waals surface area contributed by atoms with Crippen LogP contribution >= 0.6 is 23.2 Å². The van der Waals surface area contributed by atoms with Gasteiger partial charge < -0.3 is 11.1 Å². The summed E-state index contributed by atoms with van der Waals surface area (Å²) in [5.41, 5.74) is 6.24. The lowest BCUT2D eigenvalue weighted by Gasteiger charge is -2.14. The van der Waals surface area contributed by atoms with E-state index in [0.29, 0.717) is 5.02 Å². The lowest BCUT2D eigenvalue weighted by atomic mass is 10.2. The Morgan fingerprint density at radius 1 is 1.24 bits per heavy atom. The van der Waals surface area contributed by atoms with Crippen LogP contribution in [0.4, 0.5) is 11.4 Å². The fourth-order valence-corrected chi connectivity index (χ4v) is 2.57. The Morgan fingerprint density at radius 3 is 2.43 bits per heavy atom. The van der Waals surface area contributed by atoms with Gasteiger partial charge in [-0.3, -0.25) is 19.3 Å². The standard InChI is InChI=1S/C13H13Cl2N3O3/c14-7-5-8(15)13(9(16)6-7)17-10(19)3-4-18-11(20)1-2-12(18)21/h5-6H,1-4,16H2,(H,17,19). The summed E-state index contributed by atoms with van der Waals surface area (Å²) >= 11 is 11.7. The van der Waals surface area contributed by atoms with Gasteiger partial charge in [0.05, 0.1) is 16.4 Å². The van der Waals surface area contributed by atoms with Crippen LogP contribution in [0.3, 0.4) is 0 Å². The van der Waals surface area contributed by atoms with Gasteiger partial charge in [-0.1, -0.05) is 23.2 Å². The average Bonchev–Trinajstić information content (AvgIpc) is 2.71. The number of halogens is 2. The summed E-state index contributed by atoms with van der Waals surface area (Å²) in [4.78, 5) is 35.8. The van der Waals surface area contributed by atoms with E-state index in [1.165, 1.54) is 12.1 Å². The minimum absolute atomic E-state index is 0.0180. The van der Waals surface area contributed by atoms with Gasteiger partial charge in [0, 0.05) is 30.8 Å². The summed E-state index contributed by atoms with van der Waals surface area (Å²) in [7, 11) is 0. The molecule has 21 heavy (non-hydrogen) atoms. The van der Waals surface area contributed by atoms with E-state index in [0.717, 1.165) is 4.90 Å². The van der Waals surface area contributed by atoms with Crippen molar-refractivity contribution in [2.75, 3.05) is 17.6 Å². The number of amides is 3. The Kier molecular flexibility index (Phi) is 4.69. The van der Waals surface area contributed by atoms with Crippen LogP contribution < -0.4 is 11.1 Å². The third kappa shape index (κ3) is 3.65. The van der Waals surface area contributed by atoms with Crippen molar-refractivity contribution in [3.63, 3.8) is 0 Å². The molecule has 6 nitrogen and oxygen atoms in total. The Hall–Kier alpha value is -1.79. The number of hydrogen-bond acceptors (Lipinski definition) is 4. The predicted octanol–water partition coefficient (Wildman–Crippen LogP) is 2.05. The molecule has 1 aliphatic heterocycles. The second kappa shape index (κ2) is 6.32. The van der Waals surface area contributed by atoms with Gasteiger partial charge >= 0.3 is 0 Å². The van der Waals surface area contributed by atoms with Gasteiger partial charge in [-0.2, -0.15) is 0 Å². The van der Waals surface area contributed by atoms with E-state index >= 15 is 0 Å². The van der Waals surface area contributed by atoms with Crippen LogP contribution in [-0.4, -0.2) is 29.2 Å². The molecule has 1 saturated heterocycles. The van der Waals surface area contributed by atoms with E-state index in [9.17, 15) is 14.4 Å². The van der Waals surface area contributed by atoms with Crippen LogP contribution in [0.1, 0.15) is 19.3 Å². The second-order valence-electron chi connectivity index (χ2n) is 4.59. The van der Waals surface area contributed by atoms with E-state index in [-0.39, 0.29) is 54.0 Å². The summed E-state index contributed by atoms with van der Waals surface area (Å²) in [6.07, 6.45) is 0.392. The Bertz CT molecular complexity index is 580. The van der Waals surface area contributed by atoms with E-state index < -0.39 is 5.91 Å². The lowest BCUT2D eigenvalue weighted by molar-refractivity contribution is -0.138. The molecule has 0 bridgehead atoms. The molecule has 0 atom stereocenters. The highest BCUT2D eigenvalue weighted by Gasteiger charge is 2.28. The van der Waals surface area contributed by atoms with Crippen LogP contribution in [0.25, 0.3) is 0 Å². The highest BCUT2D eigenvalue weighted by Crippen LogP contribution is 2.32. The molecule has 1 fully saturated rings. The molecule has 2 rings (SSSR count). The van der Waals surface area contributed by atoms with Crippen LogP contribution in [0, 0.1) is 0 Å². The van der Waals surface area contributed by atoms with Crippen molar-refractivity contribution < 1.29 is 14.4 Å². The molecule has 3 amide bonds. The number of likely N-dealkylation sites (tertiary alicyclic amines) is 1. The van der Waals surface area contributed by atoms with Gasteiger partial charge in [0.1, 0.15) is 0 Å². The fourth-order valence-electron chi connectivity index (χ4n) is 2.01. The maximum Gasteiger partial charge on any atom is 0.229 e. The number of rotatable bonds is 4. The van der Waals surface area contributed by atoms with Crippen molar-refractivity contribution in [1.82, 2.24) is 4.90 Å². The average molecular weight is 330 g/mol. The van der Waals surface area contributed by atoms with Gasteiger partial charge in [-0.05, 0) is 12.1 Å². The third-order valence-electron chi connectivity index (χ3n) is 3.07. The first-order chi connectivity index (χ1) is 9.88. The molecule has 8 heteroatoms. The number of nitrogen functional groups attached to an aromatic ring is 1. The molecule has 0 aromatic heterocycles. The number of carbonyl (C=O) groups is 3. The SMILES string of the molecule is Nc1cc(Cl)cc(Cl)c1NC(=O)CCN1C(=O)CCC1=O. The normalized spacial score (nSPS) is 14.7. The van der Waals surface area contributed by atoms with Gasteiger partial charge in [0.2, 0.25) is 17.7 Å². The highest BCUT2D eigenvalue weighted by molar-refractivity contribution is 6.37. The van der Waals surface area contributed by atoms with E-state index in [4.69, 9.17) is 28.9 Å². The molecular formula is C13H13Cl2N3O3. The predicted molar refractivity (Wildman–Crippen MR) is 80.1 cm³/mol. The molecule has 0 unspecified atom stereocenters. The number of benzene rings is 1. The summed E-state index contributed by atoms with van der Waals surface area (Å²) in [6, 6.07) is 2.93. The number of carbonyl (C=O) groups excluding carboxylic acids is 3. The van der Waals surface area contributed by atoms with Crippen LogP contribution in [0.15, 0.2) is 12.1 Å². The van der Waals surface area contributed by atoms with Crippen LogP contribution in [0.2, 0.25) is 10.0 Å². The van der Waals surface area contributed by atoms with Crippen LogP contribution in [0.5, 0.6) is 0 Å². The van der Waals surface area contributed by atoms with Crippen LogP contribution in [-0.2, 0) is 14.4 Å². The zero-order valence-corrected chi connectivity index (χ0v) is 12.5. The Balaban J connectivity index is 1.96. The number of hydrogen-bond donors (Lipinski definition) is 2. The molecule has 3 N–H and O–H groups in total. The van der Waals surface area contributed by atoms with Crippen molar-refractivity contribution in [1.29, 1.82) is 0 Å². The molecular weight excluding hydrogens is 317 g/mol. The molecule has 1 heterocycles. The van der Waals surface area contributed by atoms with Crippen molar-refractivity contribution in [2.45, 2.75) is 19.3 Å².